The zero-order valence-corrected chi connectivity index (χ0v) is 11.5. The molecule has 0 heterocycles. The molecule has 19 heavy (non-hydrogen) atoms. The SMILES string of the molecule is CC1(C)C(C(=O)O)C1/C(C#N)=C/c1ccc(Cl)cc1. The van der Waals surface area contributed by atoms with E-state index in [0.29, 0.717) is 10.6 Å². The number of allylic oxidation sites excluding steroid dienone is 1. The standard InChI is InChI=1S/C15H14ClNO2/c1-15(2)12(13(15)14(18)19)10(8-17)7-9-3-5-11(16)6-4-9/h3-7,12-13H,1-2H3,(H,18,19)/b10-7+. The Kier molecular flexibility index (Phi) is 3.38. The van der Waals surface area contributed by atoms with Crippen molar-refractivity contribution < 1.29 is 9.90 Å². The minimum absolute atomic E-state index is 0.217. The second-order valence-corrected chi connectivity index (χ2v) is 5.81. The molecular weight excluding hydrogens is 262 g/mol. The highest BCUT2D eigenvalue weighted by molar-refractivity contribution is 6.30. The Morgan fingerprint density at radius 3 is 2.37 bits per heavy atom. The number of carboxylic acids is 1. The molecule has 2 rings (SSSR count). The Morgan fingerprint density at radius 2 is 1.95 bits per heavy atom. The molecule has 0 radical (unpaired) electrons. The average molecular weight is 276 g/mol. The molecule has 0 bridgehead atoms. The van der Waals surface area contributed by atoms with E-state index in [4.69, 9.17) is 16.7 Å². The van der Waals surface area contributed by atoms with Crippen LogP contribution in [0.15, 0.2) is 29.8 Å². The molecule has 1 saturated carbocycles. The van der Waals surface area contributed by atoms with Crippen LogP contribution in [0.4, 0.5) is 0 Å². The smallest absolute Gasteiger partial charge is 0.307 e. The van der Waals surface area contributed by atoms with Gasteiger partial charge < -0.3 is 5.11 Å². The van der Waals surface area contributed by atoms with Crippen molar-refractivity contribution in [3.8, 4) is 6.07 Å². The third-order valence-electron chi connectivity index (χ3n) is 3.75. The molecule has 0 aliphatic heterocycles. The number of carbonyl (C=O) groups is 1. The maximum Gasteiger partial charge on any atom is 0.307 e. The van der Waals surface area contributed by atoms with Gasteiger partial charge in [0.15, 0.2) is 0 Å². The summed E-state index contributed by atoms with van der Waals surface area (Å²) < 4.78 is 0. The lowest BCUT2D eigenvalue weighted by Crippen LogP contribution is -2.03. The molecule has 4 heteroatoms. The molecule has 0 saturated heterocycles. The number of halogens is 1. The van der Waals surface area contributed by atoms with Crippen molar-refractivity contribution in [3.63, 3.8) is 0 Å². The topological polar surface area (TPSA) is 61.1 Å². The second kappa shape index (κ2) is 4.71. The number of aliphatic carboxylic acids is 1. The summed E-state index contributed by atoms with van der Waals surface area (Å²) in [4.78, 5) is 11.2. The molecule has 0 spiro atoms. The van der Waals surface area contributed by atoms with Gasteiger partial charge in [-0.15, -0.1) is 0 Å². The molecule has 0 aromatic heterocycles. The summed E-state index contributed by atoms with van der Waals surface area (Å²) in [5.74, 6) is -1.54. The number of benzene rings is 1. The lowest BCUT2D eigenvalue weighted by Gasteiger charge is -2.01. The van der Waals surface area contributed by atoms with E-state index in [-0.39, 0.29) is 11.3 Å². The van der Waals surface area contributed by atoms with Crippen LogP contribution in [-0.2, 0) is 4.79 Å². The highest BCUT2D eigenvalue weighted by atomic mass is 35.5. The van der Waals surface area contributed by atoms with Gasteiger partial charge in [-0.1, -0.05) is 37.6 Å². The van der Waals surface area contributed by atoms with E-state index in [1.54, 1.807) is 18.2 Å². The maximum atomic E-state index is 11.2. The van der Waals surface area contributed by atoms with Crippen LogP contribution in [0.1, 0.15) is 19.4 Å². The van der Waals surface area contributed by atoms with Gasteiger partial charge in [-0.3, -0.25) is 4.79 Å². The van der Waals surface area contributed by atoms with Gasteiger partial charge in [0, 0.05) is 16.5 Å². The van der Waals surface area contributed by atoms with E-state index in [1.807, 2.05) is 26.0 Å². The van der Waals surface area contributed by atoms with Crippen molar-refractivity contribution >= 4 is 23.6 Å². The van der Waals surface area contributed by atoms with E-state index >= 15 is 0 Å². The molecule has 1 aliphatic carbocycles. The van der Waals surface area contributed by atoms with Crippen LogP contribution < -0.4 is 0 Å². The Bertz CT molecular complexity index is 581. The van der Waals surface area contributed by atoms with Crippen molar-refractivity contribution in [2.45, 2.75) is 13.8 Å². The number of nitrogens with zero attached hydrogens (tertiary/aromatic N) is 1. The predicted molar refractivity (Wildman–Crippen MR) is 73.4 cm³/mol. The predicted octanol–water partition coefficient (Wildman–Crippen LogP) is 3.60. The Balaban J connectivity index is 2.30. The first-order valence-electron chi connectivity index (χ1n) is 5.98. The van der Waals surface area contributed by atoms with Gasteiger partial charge in [-0.05, 0) is 29.2 Å². The van der Waals surface area contributed by atoms with Crippen LogP contribution in [0, 0.1) is 28.6 Å². The van der Waals surface area contributed by atoms with E-state index in [0.717, 1.165) is 5.56 Å². The number of rotatable bonds is 3. The summed E-state index contributed by atoms with van der Waals surface area (Å²) >= 11 is 5.80. The van der Waals surface area contributed by atoms with E-state index < -0.39 is 11.9 Å². The van der Waals surface area contributed by atoms with E-state index in [1.165, 1.54) is 0 Å². The van der Waals surface area contributed by atoms with Crippen molar-refractivity contribution in [3.05, 3.63) is 40.4 Å². The minimum Gasteiger partial charge on any atom is -0.481 e. The Morgan fingerprint density at radius 1 is 1.37 bits per heavy atom. The minimum atomic E-state index is -0.841. The average Bonchev–Trinajstić information content (AvgIpc) is 2.92. The maximum absolute atomic E-state index is 11.2. The third-order valence-corrected chi connectivity index (χ3v) is 4.00. The lowest BCUT2D eigenvalue weighted by atomic mass is 10.0. The van der Waals surface area contributed by atoms with Gasteiger partial charge in [0.2, 0.25) is 0 Å². The van der Waals surface area contributed by atoms with Crippen LogP contribution >= 0.6 is 11.6 Å². The largest absolute Gasteiger partial charge is 0.481 e. The Labute approximate surface area is 117 Å². The molecular formula is C15H14ClNO2. The van der Waals surface area contributed by atoms with Gasteiger partial charge in [-0.25, -0.2) is 0 Å². The number of nitriles is 1. The van der Waals surface area contributed by atoms with E-state index in [9.17, 15) is 10.1 Å². The normalized spacial score (nSPS) is 24.6. The fraction of sp³-hybridized carbons (Fsp3) is 0.333. The van der Waals surface area contributed by atoms with Gasteiger partial charge in [0.05, 0.1) is 12.0 Å². The molecule has 1 aliphatic rings. The first-order valence-corrected chi connectivity index (χ1v) is 6.36. The number of carboxylic acid groups (broad SMARTS) is 1. The van der Waals surface area contributed by atoms with Gasteiger partial charge in [0.25, 0.3) is 0 Å². The first-order chi connectivity index (χ1) is 8.87. The Hall–Kier alpha value is -1.79. The molecule has 1 aromatic carbocycles. The molecule has 98 valence electrons. The fourth-order valence-corrected chi connectivity index (χ4v) is 2.74. The van der Waals surface area contributed by atoms with Crippen LogP contribution in [0.3, 0.4) is 0 Å². The second-order valence-electron chi connectivity index (χ2n) is 5.38. The monoisotopic (exact) mass is 275 g/mol. The summed E-state index contributed by atoms with van der Waals surface area (Å²) in [6, 6.07) is 9.24. The summed E-state index contributed by atoms with van der Waals surface area (Å²) in [5, 5.41) is 19.0. The van der Waals surface area contributed by atoms with Crippen molar-refractivity contribution in [1.29, 1.82) is 5.26 Å². The quantitative estimate of drug-likeness (QED) is 0.857. The van der Waals surface area contributed by atoms with Gasteiger partial charge in [0.1, 0.15) is 0 Å². The van der Waals surface area contributed by atoms with Gasteiger partial charge in [-0.2, -0.15) is 5.26 Å². The van der Waals surface area contributed by atoms with Crippen molar-refractivity contribution in [1.82, 2.24) is 0 Å². The molecule has 0 amide bonds. The van der Waals surface area contributed by atoms with Crippen LogP contribution in [0.5, 0.6) is 0 Å². The zero-order valence-electron chi connectivity index (χ0n) is 10.7. The summed E-state index contributed by atoms with van der Waals surface area (Å²) in [6.07, 6.45) is 1.74. The molecule has 1 N–H and O–H groups in total. The molecule has 3 nitrogen and oxygen atoms in total. The highest BCUT2D eigenvalue weighted by Crippen LogP contribution is 2.61. The first kappa shape index (κ1) is 13.6. The molecule has 2 unspecified atom stereocenters. The van der Waals surface area contributed by atoms with Crippen molar-refractivity contribution in [2.75, 3.05) is 0 Å². The van der Waals surface area contributed by atoms with Gasteiger partial charge >= 0.3 is 5.97 Å². The van der Waals surface area contributed by atoms with Crippen LogP contribution in [-0.4, -0.2) is 11.1 Å². The van der Waals surface area contributed by atoms with E-state index in [2.05, 4.69) is 6.07 Å². The third kappa shape index (κ3) is 2.50. The molecule has 1 aromatic rings. The molecule has 1 fully saturated rings. The number of hydrogen-bond acceptors (Lipinski definition) is 2. The van der Waals surface area contributed by atoms with Crippen molar-refractivity contribution in [2.24, 2.45) is 17.3 Å². The summed E-state index contributed by atoms with van der Waals surface area (Å²) in [7, 11) is 0. The van der Waals surface area contributed by atoms with Crippen LogP contribution in [0.2, 0.25) is 5.02 Å². The highest BCUT2D eigenvalue weighted by Gasteiger charge is 2.63. The summed E-state index contributed by atoms with van der Waals surface area (Å²) in [6.45, 7) is 3.76. The lowest BCUT2D eigenvalue weighted by molar-refractivity contribution is -0.139. The van der Waals surface area contributed by atoms with Crippen LogP contribution in [0.25, 0.3) is 6.08 Å². The summed E-state index contributed by atoms with van der Waals surface area (Å²) in [5.41, 5.74) is 1.01. The zero-order chi connectivity index (χ0) is 14.2. The number of hydrogen-bond donors (Lipinski definition) is 1. The molecule has 2 atom stereocenters. The fourth-order valence-electron chi connectivity index (χ4n) is 2.61.